The molecule has 0 atom stereocenters. The molecule has 0 saturated heterocycles. The van der Waals surface area contributed by atoms with Gasteiger partial charge in [0.15, 0.2) is 0 Å². The highest BCUT2D eigenvalue weighted by Crippen LogP contribution is 1.96. The molecule has 0 unspecified atom stereocenters. The van der Waals surface area contributed by atoms with Gasteiger partial charge < -0.3 is 119 Å². The Morgan fingerprint density at radius 3 is 0.463 bits per heavy atom. The fourth-order valence-electron chi connectivity index (χ4n) is 5.86. The van der Waals surface area contributed by atoms with Crippen LogP contribution < -0.4 is 0 Å². The second-order valence-electron chi connectivity index (χ2n) is 16.4. The fourth-order valence-corrected chi connectivity index (χ4v) is 5.86. The van der Waals surface area contributed by atoms with Crippen molar-refractivity contribution in [3.63, 3.8) is 0 Å². The zero-order valence-electron chi connectivity index (χ0n) is 49.0. The van der Waals surface area contributed by atoms with Crippen molar-refractivity contribution in [2.75, 3.05) is 338 Å². The minimum absolute atomic E-state index is 0.0373. The van der Waals surface area contributed by atoms with Crippen molar-refractivity contribution >= 4 is 5.97 Å². The van der Waals surface area contributed by atoms with E-state index in [2.05, 4.69) is 0 Å². The predicted octanol–water partition coefficient (Wildman–Crippen LogP) is 0.421. The maximum Gasteiger partial charge on any atom is 0.304 e. The van der Waals surface area contributed by atoms with Crippen LogP contribution in [0.25, 0.3) is 0 Å². The third-order valence-corrected chi connectivity index (χ3v) is 10.0. The van der Waals surface area contributed by atoms with Gasteiger partial charge in [-0.05, 0) is 0 Å². The molecule has 80 heavy (non-hydrogen) atoms. The first-order valence-corrected chi connectivity index (χ1v) is 28.3. The van der Waals surface area contributed by atoms with Crippen LogP contribution in [0.1, 0.15) is 6.42 Å². The quantitative estimate of drug-likeness (QED) is 0.0809. The molecule has 0 aromatic carbocycles. The number of hydrogen-bond donors (Lipinski definition) is 1. The van der Waals surface area contributed by atoms with Gasteiger partial charge in [0, 0.05) is 33.9 Å². The highest BCUT2D eigenvalue weighted by Gasteiger charge is 2.08. The molecule has 1 N–H and O–H groups in total. The van der Waals surface area contributed by atoms with Crippen LogP contribution in [0.5, 0.6) is 0 Å². The number of nitrogens with zero attached hydrogens (tertiary/aromatic N) is 1. The van der Waals surface area contributed by atoms with E-state index in [4.69, 9.17) is 119 Å². The predicted molar refractivity (Wildman–Crippen MR) is 290 cm³/mol. The Labute approximate surface area is 477 Å². The molecule has 0 bridgehead atoms. The average Bonchev–Trinajstić information content (AvgIpc) is 3.46. The largest absolute Gasteiger partial charge is 0.481 e. The number of rotatable bonds is 75. The summed E-state index contributed by atoms with van der Waals surface area (Å²) in [6.45, 7) is 24.0. The molecule has 0 amide bonds. The number of carboxylic acid groups (broad SMARTS) is 1. The Morgan fingerprint density at radius 1 is 0.212 bits per heavy atom. The normalized spacial score (nSPS) is 11.8. The monoisotopic (exact) mass is 1170 g/mol. The molecule has 0 rings (SSSR count). The van der Waals surface area contributed by atoms with Gasteiger partial charge in [-0.3, -0.25) is 9.69 Å². The molecule has 0 radical (unpaired) electrons. The van der Waals surface area contributed by atoms with Gasteiger partial charge in [0.05, 0.1) is 310 Å². The molecule has 0 aliphatic carbocycles. The molecular weight excluding hydrogens is 1070 g/mol. The van der Waals surface area contributed by atoms with Gasteiger partial charge in [0.1, 0.15) is 0 Å². The number of aliphatic carboxylic acids is 1. The van der Waals surface area contributed by atoms with Gasteiger partial charge in [-0.2, -0.15) is 0 Å². The van der Waals surface area contributed by atoms with E-state index in [9.17, 15) is 4.79 Å². The second-order valence-corrected chi connectivity index (χ2v) is 16.4. The molecule has 27 nitrogen and oxygen atoms in total. The van der Waals surface area contributed by atoms with Crippen LogP contribution in [0, 0.1) is 0 Å². The number of carbonyl (C=O) groups is 1. The maximum atomic E-state index is 11.2. The van der Waals surface area contributed by atoms with Crippen LogP contribution in [0.3, 0.4) is 0 Å². The lowest BCUT2D eigenvalue weighted by molar-refractivity contribution is -0.137. The summed E-state index contributed by atoms with van der Waals surface area (Å²) in [5.41, 5.74) is 0. The van der Waals surface area contributed by atoms with Crippen LogP contribution in [0.2, 0.25) is 0 Å². The van der Waals surface area contributed by atoms with Crippen molar-refractivity contribution < 1.29 is 124 Å². The van der Waals surface area contributed by atoms with Gasteiger partial charge in [-0.1, -0.05) is 0 Å². The lowest BCUT2D eigenvalue weighted by Crippen LogP contribution is -2.33. The van der Waals surface area contributed by atoms with Crippen LogP contribution in [0.4, 0.5) is 0 Å². The SMILES string of the molecule is COCCOCCOCCOCCOCCOCCOCCOCCOCCOCCOCCOCCN(CCOCCOCCOCCOCCOCCOCCOCCOCCOCCOCCOCCOC)CCC(=O)O. The molecule has 0 saturated carbocycles. The van der Waals surface area contributed by atoms with E-state index < -0.39 is 5.97 Å². The molecule has 0 spiro atoms. The summed E-state index contributed by atoms with van der Waals surface area (Å²) in [4.78, 5) is 13.2. The van der Waals surface area contributed by atoms with Gasteiger partial charge >= 0.3 is 5.97 Å². The van der Waals surface area contributed by atoms with E-state index >= 15 is 0 Å². The Hall–Kier alpha value is -1.53. The van der Waals surface area contributed by atoms with Crippen molar-refractivity contribution in [1.29, 1.82) is 0 Å². The zero-order chi connectivity index (χ0) is 57.5. The van der Waals surface area contributed by atoms with Crippen molar-refractivity contribution in [3.05, 3.63) is 0 Å². The van der Waals surface area contributed by atoms with E-state index in [1.165, 1.54) is 0 Å². The fraction of sp³-hybridized carbons (Fsp3) is 0.981. The van der Waals surface area contributed by atoms with Crippen molar-refractivity contribution in [2.45, 2.75) is 6.42 Å². The maximum absolute atomic E-state index is 11.2. The third-order valence-electron chi connectivity index (χ3n) is 10.0. The number of hydrogen-bond acceptors (Lipinski definition) is 26. The first kappa shape index (κ1) is 78.5. The van der Waals surface area contributed by atoms with Crippen LogP contribution in [0.15, 0.2) is 0 Å². The van der Waals surface area contributed by atoms with Gasteiger partial charge in [-0.15, -0.1) is 0 Å². The lowest BCUT2D eigenvalue weighted by Gasteiger charge is -2.21. The van der Waals surface area contributed by atoms with Gasteiger partial charge in [0.2, 0.25) is 0 Å². The first-order valence-electron chi connectivity index (χ1n) is 28.3. The van der Waals surface area contributed by atoms with Crippen molar-refractivity contribution in [3.8, 4) is 0 Å². The summed E-state index contributed by atoms with van der Waals surface area (Å²) < 4.78 is 131. The number of methoxy groups -OCH3 is 2. The van der Waals surface area contributed by atoms with Crippen molar-refractivity contribution in [2.24, 2.45) is 0 Å². The summed E-state index contributed by atoms with van der Waals surface area (Å²) >= 11 is 0. The zero-order valence-corrected chi connectivity index (χ0v) is 49.0. The molecule has 0 aromatic heterocycles. The standard InChI is InChI=1S/C53H107NO26/c1-57-9-11-61-17-19-65-25-27-69-33-35-73-41-43-77-49-51-79-47-45-75-39-37-71-31-29-67-23-21-63-15-13-59-7-5-54(4-3-53(55)56)6-8-60-14-16-64-22-24-68-30-32-72-38-40-76-46-48-80-52-50-78-44-42-74-36-34-70-28-26-66-20-18-62-12-10-58-2/h3-52H2,1-2H3,(H,55,56). The number of ether oxygens (including phenoxy) is 24. The highest BCUT2D eigenvalue weighted by atomic mass is 16.6. The van der Waals surface area contributed by atoms with E-state index in [1.54, 1.807) is 14.2 Å². The highest BCUT2D eigenvalue weighted by molar-refractivity contribution is 5.66. The third kappa shape index (κ3) is 72.6. The smallest absolute Gasteiger partial charge is 0.304 e. The van der Waals surface area contributed by atoms with E-state index in [1.807, 2.05) is 4.90 Å². The second kappa shape index (κ2) is 73.6. The summed E-state index contributed by atoms with van der Waals surface area (Å²) in [7, 11) is 3.28. The minimum atomic E-state index is -0.850. The van der Waals surface area contributed by atoms with E-state index in [0.29, 0.717) is 324 Å². The minimum Gasteiger partial charge on any atom is -0.481 e. The lowest BCUT2D eigenvalue weighted by atomic mass is 10.3. The van der Waals surface area contributed by atoms with Crippen molar-refractivity contribution in [1.82, 2.24) is 4.90 Å². The Bertz CT molecular complexity index is 1060. The summed E-state index contributed by atoms with van der Waals surface area (Å²) in [5, 5.41) is 9.16. The Balaban J connectivity index is 3.38. The Morgan fingerprint density at radius 2 is 0.338 bits per heavy atom. The first-order chi connectivity index (χ1) is 39.7. The van der Waals surface area contributed by atoms with Crippen LogP contribution in [-0.4, -0.2) is 354 Å². The topological polar surface area (TPSA) is 262 Å². The van der Waals surface area contributed by atoms with E-state index in [-0.39, 0.29) is 6.42 Å². The van der Waals surface area contributed by atoms with Gasteiger partial charge in [0.25, 0.3) is 0 Å². The molecule has 0 aromatic rings. The molecule has 0 heterocycles. The molecule has 0 aliphatic heterocycles. The van der Waals surface area contributed by atoms with Gasteiger partial charge in [-0.25, -0.2) is 0 Å². The molecule has 27 heteroatoms. The molecular formula is C53H107NO26. The Kier molecular flexibility index (Phi) is 72.2. The molecule has 480 valence electrons. The summed E-state index contributed by atoms with van der Waals surface area (Å²) in [5.74, 6) is -0.850. The van der Waals surface area contributed by atoms with Crippen LogP contribution >= 0.6 is 0 Å². The van der Waals surface area contributed by atoms with E-state index in [0.717, 1.165) is 0 Å². The molecule has 0 aliphatic rings. The molecule has 0 fully saturated rings. The summed E-state index contributed by atoms with van der Waals surface area (Å²) in [6, 6.07) is 0. The van der Waals surface area contributed by atoms with Crippen LogP contribution in [-0.2, 0) is 118 Å². The number of carboxylic acids is 1. The average molecular weight is 1170 g/mol. The summed E-state index contributed by atoms with van der Waals surface area (Å²) in [6.07, 6.45) is 0.0373.